The highest BCUT2D eigenvalue weighted by Crippen LogP contribution is 2.07. The van der Waals surface area contributed by atoms with Gasteiger partial charge in [-0.3, -0.25) is 0 Å². The Hall–Kier alpha value is -1.74. The standard InChI is InChI=1S/C8H10O6.C2H6O2/c9-5-8(14,3-1-6(10)11)4-2-7(12)13;3-1-2-4/h1-4,9,14H,5H2,(H,10,11)(H,12,13);3-4H,1-2H2. The van der Waals surface area contributed by atoms with E-state index >= 15 is 0 Å². The first-order valence-corrected chi connectivity index (χ1v) is 4.70. The second-order valence-corrected chi connectivity index (χ2v) is 2.94. The Bertz CT molecular complexity index is 281. The summed E-state index contributed by atoms with van der Waals surface area (Å²) in [5, 5.41) is 49.7. The average Bonchev–Trinajstić information content (AvgIpc) is 2.34. The maximum absolute atomic E-state index is 10.1. The monoisotopic (exact) mass is 264 g/mol. The minimum Gasteiger partial charge on any atom is -0.478 e. The third kappa shape index (κ3) is 12.3. The molecule has 0 aliphatic rings. The first-order valence-electron chi connectivity index (χ1n) is 4.70. The number of aliphatic hydroxyl groups excluding tert-OH is 3. The van der Waals surface area contributed by atoms with E-state index in [2.05, 4.69) is 0 Å². The lowest BCUT2D eigenvalue weighted by Gasteiger charge is -2.15. The summed E-state index contributed by atoms with van der Waals surface area (Å²) >= 11 is 0. The maximum Gasteiger partial charge on any atom is 0.328 e. The number of carboxylic acids is 2. The number of aliphatic carboxylic acids is 2. The van der Waals surface area contributed by atoms with Crippen molar-refractivity contribution < 1.29 is 40.2 Å². The Balaban J connectivity index is 0. The Labute approximate surface area is 103 Å². The van der Waals surface area contributed by atoms with Crippen LogP contribution in [0.2, 0.25) is 0 Å². The molecule has 18 heavy (non-hydrogen) atoms. The first kappa shape index (κ1) is 18.6. The maximum atomic E-state index is 10.1. The van der Waals surface area contributed by atoms with Gasteiger partial charge in [0, 0.05) is 12.2 Å². The average molecular weight is 264 g/mol. The van der Waals surface area contributed by atoms with Crippen molar-refractivity contribution in [3.05, 3.63) is 24.3 Å². The fourth-order valence-electron chi connectivity index (χ4n) is 0.592. The fourth-order valence-corrected chi connectivity index (χ4v) is 0.592. The molecule has 104 valence electrons. The predicted octanol–water partition coefficient (Wildman–Crippen LogP) is -2.04. The number of carbonyl (C=O) groups is 2. The normalized spacial score (nSPS) is 14.0. The molecule has 0 saturated heterocycles. The largest absolute Gasteiger partial charge is 0.478 e. The second kappa shape index (κ2) is 10.4. The molecule has 0 unspecified atom stereocenters. The Kier molecular flexibility index (Phi) is 10.8. The molecule has 0 fully saturated rings. The molecule has 8 nitrogen and oxygen atoms in total. The third-order valence-electron chi connectivity index (χ3n) is 1.38. The Morgan fingerprint density at radius 2 is 1.22 bits per heavy atom. The van der Waals surface area contributed by atoms with Crippen molar-refractivity contribution in [2.45, 2.75) is 5.60 Å². The van der Waals surface area contributed by atoms with Crippen molar-refractivity contribution in [2.24, 2.45) is 0 Å². The summed E-state index contributed by atoms with van der Waals surface area (Å²) < 4.78 is 0. The van der Waals surface area contributed by atoms with Crippen LogP contribution in [0.4, 0.5) is 0 Å². The molecule has 0 aliphatic heterocycles. The molecule has 6 N–H and O–H groups in total. The SMILES string of the molecule is O=C(O)C=CC(O)(C=CC(=O)O)CO.OCCO. The summed E-state index contributed by atoms with van der Waals surface area (Å²) in [6.45, 7) is -1.06. The highest BCUT2D eigenvalue weighted by atomic mass is 16.4. The van der Waals surface area contributed by atoms with E-state index in [1.807, 2.05) is 0 Å². The van der Waals surface area contributed by atoms with E-state index in [0.717, 1.165) is 12.2 Å². The summed E-state index contributed by atoms with van der Waals surface area (Å²) in [6, 6.07) is 0. The van der Waals surface area contributed by atoms with Gasteiger partial charge in [-0.15, -0.1) is 0 Å². The fraction of sp³-hybridized carbons (Fsp3) is 0.400. The van der Waals surface area contributed by atoms with Crippen LogP contribution in [-0.2, 0) is 9.59 Å². The third-order valence-corrected chi connectivity index (χ3v) is 1.38. The van der Waals surface area contributed by atoms with Crippen molar-refractivity contribution in [1.29, 1.82) is 0 Å². The Morgan fingerprint density at radius 1 is 0.889 bits per heavy atom. The molecule has 0 amide bonds. The van der Waals surface area contributed by atoms with E-state index in [1.54, 1.807) is 0 Å². The number of hydrogen-bond acceptors (Lipinski definition) is 6. The van der Waals surface area contributed by atoms with Gasteiger partial charge in [0.25, 0.3) is 0 Å². The minimum atomic E-state index is -1.96. The molecule has 0 radical (unpaired) electrons. The number of aliphatic hydroxyl groups is 4. The summed E-state index contributed by atoms with van der Waals surface area (Å²) in [5.41, 5.74) is -1.96. The lowest BCUT2D eigenvalue weighted by atomic mass is 10.0. The van der Waals surface area contributed by atoms with Gasteiger partial charge in [0.2, 0.25) is 0 Å². The zero-order valence-corrected chi connectivity index (χ0v) is 9.43. The van der Waals surface area contributed by atoms with E-state index in [9.17, 15) is 14.7 Å². The molecule has 0 rings (SSSR count). The van der Waals surface area contributed by atoms with Crippen LogP contribution in [0, 0.1) is 0 Å². The molecular formula is C10H16O8. The second-order valence-electron chi connectivity index (χ2n) is 2.94. The lowest BCUT2D eigenvalue weighted by Crippen LogP contribution is -2.28. The molecule has 0 atom stereocenters. The molecule has 0 aromatic rings. The minimum absolute atomic E-state index is 0.125. The van der Waals surface area contributed by atoms with E-state index in [-0.39, 0.29) is 13.2 Å². The van der Waals surface area contributed by atoms with Gasteiger partial charge in [-0.05, 0) is 12.2 Å². The van der Waals surface area contributed by atoms with Gasteiger partial charge >= 0.3 is 11.9 Å². The number of rotatable bonds is 6. The van der Waals surface area contributed by atoms with Gasteiger partial charge in [-0.25, -0.2) is 9.59 Å². The Morgan fingerprint density at radius 3 is 1.39 bits per heavy atom. The summed E-state index contributed by atoms with van der Waals surface area (Å²) in [6.07, 6.45) is 2.80. The molecule has 0 spiro atoms. The van der Waals surface area contributed by atoms with Crippen molar-refractivity contribution in [1.82, 2.24) is 0 Å². The highest BCUT2D eigenvalue weighted by Gasteiger charge is 2.18. The van der Waals surface area contributed by atoms with Crippen LogP contribution in [0.5, 0.6) is 0 Å². The van der Waals surface area contributed by atoms with Crippen molar-refractivity contribution in [3.63, 3.8) is 0 Å². The van der Waals surface area contributed by atoms with Crippen molar-refractivity contribution in [3.8, 4) is 0 Å². The van der Waals surface area contributed by atoms with Gasteiger partial charge in [-0.1, -0.05) is 0 Å². The van der Waals surface area contributed by atoms with Crippen molar-refractivity contribution >= 4 is 11.9 Å². The first-order chi connectivity index (χ1) is 8.31. The van der Waals surface area contributed by atoms with E-state index in [4.69, 9.17) is 25.5 Å². The van der Waals surface area contributed by atoms with Crippen LogP contribution >= 0.6 is 0 Å². The van der Waals surface area contributed by atoms with Gasteiger partial charge < -0.3 is 30.6 Å². The van der Waals surface area contributed by atoms with Gasteiger partial charge in [-0.2, -0.15) is 0 Å². The smallest absolute Gasteiger partial charge is 0.328 e. The van der Waals surface area contributed by atoms with E-state index in [0.29, 0.717) is 12.2 Å². The molecule has 0 heterocycles. The van der Waals surface area contributed by atoms with Crippen LogP contribution in [0.3, 0.4) is 0 Å². The zero-order chi connectivity index (χ0) is 14.6. The number of hydrogen-bond donors (Lipinski definition) is 6. The topological polar surface area (TPSA) is 156 Å². The number of carboxylic acid groups (broad SMARTS) is 2. The molecule has 8 heteroatoms. The van der Waals surface area contributed by atoms with Crippen LogP contribution in [-0.4, -0.2) is 68.0 Å². The van der Waals surface area contributed by atoms with Gasteiger partial charge in [0.05, 0.1) is 19.8 Å². The molecule has 0 bridgehead atoms. The van der Waals surface area contributed by atoms with Crippen LogP contribution < -0.4 is 0 Å². The quantitative estimate of drug-likeness (QED) is 0.300. The van der Waals surface area contributed by atoms with Crippen LogP contribution in [0.25, 0.3) is 0 Å². The van der Waals surface area contributed by atoms with Crippen molar-refractivity contribution in [2.75, 3.05) is 19.8 Å². The molecular weight excluding hydrogens is 248 g/mol. The zero-order valence-electron chi connectivity index (χ0n) is 9.43. The summed E-state index contributed by atoms with van der Waals surface area (Å²) in [7, 11) is 0. The summed E-state index contributed by atoms with van der Waals surface area (Å²) in [4.78, 5) is 20.2. The molecule has 0 aromatic carbocycles. The lowest BCUT2D eigenvalue weighted by molar-refractivity contribution is -0.132. The predicted molar refractivity (Wildman–Crippen MR) is 59.8 cm³/mol. The van der Waals surface area contributed by atoms with Gasteiger partial charge in [0.1, 0.15) is 5.60 Å². The van der Waals surface area contributed by atoms with Crippen LogP contribution in [0.15, 0.2) is 24.3 Å². The summed E-state index contributed by atoms with van der Waals surface area (Å²) in [5.74, 6) is -2.61. The molecule has 0 saturated carbocycles. The van der Waals surface area contributed by atoms with E-state index in [1.165, 1.54) is 0 Å². The highest BCUT2D eigenvalue weighted by molar-refractivity contribution is 5.81. The molecule has 0 aromatic heterocycles. The van der Waals surface area contributed by atoms with E-state index < -0.39 is 24.1 Å². The van der Waals surface area contributed by atoms with Crippen LogP contribution in [0.1, 0.15) is 0 Å². The molecule has 0 aliphatic carbocycles. The van der Waals surface area contributed by atoms with Gasteiger partial charge in [0.15, 0.2) is 0 Å².